The molecule has 1 saturated heterocycles. The van der Waals surface area contributed by atoms with Gasteiger partial charge in [0.05, 0.1) is 6.04 Å². The van der Waals surface area contributed by atoms with E-state index < -0.39 is 0 Å². The number of benzene rings is 1. The molecule has 0 spiro atoms. The molecule has 1 N–H and O–H groups in total. The van der Waals surface area contributed by atoms with Crippen LogP contribution >= 0.6 is 0 Å². The average Bonchev–Trinajstić information content (AvgIpc) is 2.98. The summed E-state index contributed by atoms with van der Waals surface area (Å²) in [4.78, 5) is 9.47. The van der Waals surface area contributed by atoms with Crippen molar-refractivity contribution < 1.29 is 0 Å². The molecular formula is C15H21N5. The summed E-state index contributed by atoms with van der Waals surface area (Å²) in [6.07, 6.45) is 0. The molecule has 0 radical (unpaired) electrons. The van der Waals surface area contributed by atoms with E-state index >= 15 is 0 Å². The normalized spacial score (nSPS) is 19.1. The van der Waals surface area contributed by atoms with Gasteiger partial charge in [-0.25, -0.2) is 4.98 Å². The van der Waals surface area contributed by atoms with Crippen molar-refractivity contribution in [3.8, 4) is 11.4 Å². The van der Waals surface area contributed by atoms with Gasteiger partial charge in [-0.3, -0.25) is 10.00 Å². The number of aromatic nitrogens is 3. The van der Waals surface area contributed by atoms with Crippen LogP contribution in [0.5, 0.6) is 0 Å². The van der Waals surface area contributed by atoms with Crippen molar-refractivity contribution in [3.05, 3.63) is 36.2 Å². The molecule has 0 bridgehead atoms. The second-order valence-corrected chi connectivity index (χ2v) is 5.43. The zero-order chi connectivity index (χ0) is 13.9. The van der Waals surface area contributed by atoms with Gasteiger partial charge in [-0.15, -0.1) is 0 Å². The van der Waals surface area contributed by atoms with Crippen LogP contribution in [0.3, 0.4) is 0 Å². The molecule has 5 heteroatoms. The molecule has 1 aromatic heterocycles. The Morgan fingerprint density at radius 2 is 1.80 bits per heavy atom. The third-order valence-corrected chi connectivity index (χ3v) is 4.02. The fraction of sp³-hybridized carbons (Fsp3) is 0.467. The van der Waals surface area contributed by atoms with Gasteiger partial charge >= 0.3 is 0 Å². The van der Waals surface area contributed by atoms with Crippen molar-refractivity contribution in [2.75, 3.05) is 33.2 Å². The van der Waals surface area contributed by atoms with E-state index in [1.165, 1.54) is 0 Å². The number of hydrogen-bond donors (Lipinski definition) is 1. The second kappa shape index (κ2) is 5.73. The Kier molecular flexibility index (Phi) is 3.80. The van der Waals surface area contributed by atoms with E-state index in [0.717, 1.165) is 43.4 Å². The molecule has 5 nitrogen and oxygen atoms in total. The van der Waals surface area contributed by atoms with Crippen LogP contribution in [0.25, 0.3) is 11.4 Å². The lowest BCUT2D eigenvalue weighted by Gasteiger charge is -2.35. The van der Waals surface area contributed by atoms with Gasteiger partial charge in [-0.1, -0.05) is 30.3 Å². The lowest BCUT2D eigenvalue weighted by molar-refractivity contribution is 0.115. The Bertz CT molecular complexity index is 542. The minimum atomic E-state index is 0.286. The Labute approximate surface area is 119 Å². The molecule has 2 aromatic rings. The van der Waals surface area contributed by atoms with E-state index in [4.69, 9.17) is 0 Å². The van der Waals surface area contributed by atoms with Crippen LogP contribution in [0.4, 0.5) is 0 Å². The third-order valence-electron chi connectivity index (χ3n) is 4.02. The Morgan fingerprint density at radius 3 is 2.50 bits per heavy atom. The van der Waals surface area contributed by atoms with Gasteiger partial charge in [-0.05, 0) is 14.0 Å². The maximum Gasteiger partial charge on any atom is 0.181 e. The highest BCUT2D eigenvalue weighted by Crippen LogP contribution is 2.21. The second-order valence-electron chi connectivity index (χ2n) is 5.43. The lowest BCUT2D eigenvalue weighted by Crippen LogP contribution is -2.45. The van der Waals surface area contributed by atoms with Crippen molar-refractivity contribution in [1.29, 1.82) is 0 Å². The molecule has 0 saturated carbocycles. The molecule has 0 amide bonds. The van der Waals surface area contributed by atoms with E-state index in [0.29, 0.717) is 0 Å². The van der Waals surface area contributed by atoms with Crippen LogP contribution in [-0.2, 0) is 0 Å². The Balaban J connectivity index is 1.73. The highest BCUT2D eigenvalue weighted by molar-refractivity contribution is 5.53. The number of aromatic amines is 1. The quantitative estimate of drug-likeness (QED) is 0.924. The topological polar surface area (TPSA) is 48.1 Å². The molecule has 1 aromatic carbocycles. The zero-order valence-electron chi connectivity index (χ0n) is 12.1. The van der Waals surface area contributed by atoms with E-state index in [1.54, 1.807) is 0 Å². The van der Waals surface area contributed by atoms with Crippen molar-refractivity contribution in [1.82, 2.24) is 25.0 Å². The maximum atomic E-state index is 4.65. The zero-order valence-corrected chi connectivity index (χ0v) is 12.1. The number of nitrogens with one attached hydrogen (secondary N) is 1. The molecule has 2 heterocycles. The van der Waals surface area contributed by atoms with Crippen LogP contribution in [-0.4, -0.2) is 58.2 Å². The van der Waals surface area contributed by atoms with E-state index in [1.807, 2.05) is 30.3 Å². The van der Waals surface area contributed by atoms with Crippen LogP contribution in [0, 0.1) is 0 Å². The van der Waals surface area contributed by atoms with E-state index in [2.05, 4.69) is 39.0 Å². The minimum Gasteiger partial charge on any atom is -0.304 e. The standard InChI is InChI=1S/C15H21N5/c1-12(20-10-8-19(2)9-11-20)14-16-15(18-17-14)13-6-4-3-5-7-13/h3-7,12H,8-11H2,1-2H3,(H,16,17,18). The largest absolute Gasteiger partial charge is 0.304 e. The number of piperazine rings is 1. The predicted octanol–water partition coefficient (Wildman–Crippen LogP) is 1.78. The van der Waals surface area contributed by atoms with Gasteiger partial charge in [-0.2, -0.15) is 5.10 Å². The molecular weight excluding hydrogens is 250 g/mol. The van der Waals surface area contributed by atoms with Gasteiger partial charge in [0.25, 0.3) is 0 Å². The highest BCUT2D eigenvalue weighted by atomic mass is 15.3. The third kappa shape index (κ3) is 2.73. The summed E-state index contributed by atoms with van der Waals surface area (Å²) in [5.74, 6) is 1.73. The fourth-order valence-corrected chi connectivity index (χ4v) is 2.56. The fourth-order valence-electron chi connectivity index (χ4n) is 2.56. The first-order chi connectivity index (χ1) is 9.74. The maximum absolute atomic E-state index is 4.65. The van der Waals surface area contributed by atoms with Gasteiger partial charge in [0, 0.05) is 31.7 Å². The number of hydrogen-bond acceptors (Lipinski definition) is 4. The van der Waals surface area contributed by atoms with Crippen LogP contribution in [0.15, 0.2) is 30.3 Å². The molecule has 3 rings (SSSR count). The molecule has 1 aliphatic heterocycles. The van der Waals surface area contributed by atoms with Crippen LogP contribution in [0.2, 0.25) is 0 Å². The smallest absolute Gasteiger partial charge is 0.181 e. The Hall–Kier alpha value is -1.72. The van der Waals surface area contributed by atoms with E-state index in [9.17, 15) is 0 Å². The highest BCUT2D eigenvalue weighted by Gasteiger charge is 2.22. The summed E-state index contributed by atoms with van der Waals surface area (Å²) in [6, 6.07) is 10.4. The monoisotopic (exact) mass is 271 g/mol. The summed E-state index contributed by atoms with van der Waals surface area (Å²) >= 11 is 0. The summed E-state index contributed by atoms with van der Waals surface area (Å²) in [5, 5.41) is 7.44. The van der Waals surface area contributed by atoms with Crippen molar-refractivity contribution in [2.45, 2.75) is 13.0 Å². The molecule has 1 unspecified atom stereocenters. The van der Waals surface area contributed by atoms with Crippen LogP contribution < -0.4 is 0 Å². The first kappa shape index (κ1) is 13.3. The van der Waals surface area contributed by atoms with Crippen molar-refractivity contribution in [3.63, 3.8) is 0 Å². The molecule has 106 valence electrons. The Morgan fingerprint density at radius 1 is 1.10 bits per heavy atom. The minimum absolute atomic E-state index is 0.286. The summed E-state index contributed by atoms with van der Waals surface area (Å²) in [5.41, 5.74) is 1.06. The molecule has 1 fully saturated rings. The first-order valence-electron chi connectivity index (χ1n) is 7.14. The molecule has 1 aliphatic rings. The number of nitrogens with zero attached hydrogens (tertiary/aromatic N) is 4. The first-order valence-corrected chi connectivity index (χ1v) is 7.14. The summed E-state index contributed by atoms with van der Waals surface area (Å²) in [7, 11) is 2.17. The molecule has 20 heavy (non-hydrogen) atoms. The lowest BCUT2D eigenvalue weighted by atomic mass is 10.2. The van der Waals surface area contributed by atoms with Gasteiger partial charge in [0.15, 0.2) is 5.82 Å². The molecule has 1 atom stereocenters. The van der Waals surface area contributed by atoms with E-state index in [-0.39, 0.29) is 6.04 Å². The average molecular weight is 271 g/mol. The predicted molar refractivity (Wildman–Crippen MR) is 79.3 cm³/mol. The summed E-state index contributed by atoms with van der Waals surface area (Å²) in [6.45, 7) is 6.59. The van der Waals surface area contributed by atoms with Crippen molar-refractivity contribution >= 4 is 0 Å². The van der Waals surface area contributed by atoms with Gasteiger partial charge in [0.2, 0.25) is 0 Å². The summed E-state index contributed by atoms with van der Waals surface area (Å²) < 4.78 is 0. The number of likely N-dealkylation sites (N-methyl/N-ethyl adjacent to an activating group) is 1. The van der Waals surface area contributed by atoms with Gasteiger partial charge in [0.1, 0.15) is 5.82 Å². The van der Waals surface area contributed by atoms with Gasteiger partial charge < -0.3 is 4.90 Å². The van der Waals surface area contributed by atoms with Crippen LogP contribution in [0.1, 0.15) is 18.8 Å². The molecule has 0 aliphatic carbocycles. The van der Waals surface area contributed by atoms with Crippen molar-refractivity contribution in [2.24, 2.45) is 0 Å². The number of rotatable bonds is 3. The SMILES string of the molecule is CC(c1nc(-c2ccccc2)n[nH]1)N1CCN(C)CC1. The number of H-pyrrole nitrogens is 1.